The molecule has 10 heteroatoms. The highest BCUT2D eigenvalue weighted by Crippen LogP contribution is 2.19. The Kier molecular flexibility index (Phi) is 6.75. The van der Waals surface area contributed by atoms with Crippen molar-refractivity contribution in [1.82, 2.24) is 20.2 Å². The highest BCUT2D eigenvalue weighted by molar-refractivity contribution is 7.13. The van der Waals surface area contributed by atoms with Crippen molar-refractivity contribution < 1.29 is 9.59 Å². The molecule has 1 fully saturated rings. The van der Waals surface area contributed by atoms with E-state index in [-0.39, 0.29) is 17.9 Å². The van der Waals surface area contributed by atoms with Gasteiger partial charge >= 0.3 is 6.03 Å². The first kappa shape index (κ1) is 19.6. The van der Waals surface area contributed by atoms with Crippen LogP contribution in [0.5, 0.6) is 0 Å². The van der Waals surface area contributed by atoms with E-state index in [4.69, 9.17) is 5.26 Å². The molecule has 3 heterocycles. The summed E-state index contributed by atoms with van der Waals surface area (Å²) in [5.74, 6) is 0.151. The van der Waals surface area contributed by atoms with Gasteiger partial charge in [-0.2, -0.15) is 5.26 Å². The van der Waals surface area contributed by atoms with Gasteiger partial charge in [-0.3, -0.25) is 4.79 Å². The van der Waals surface area contributed by atoms with Gasteiger partial charge in [0.2, 0.25) is 5.91 Å². The van der Waals surface area contributed by atoms with Crippen molar-refractivity contribution in [3.63, 3.8) is 0 Å². The number of hydrogen-bond acceptors (Lipinski definition) is 7. The molecular formula is C18H21N7O2S. The maximum absolute atomic E-state index is 12.4. The summed E-state index contributed by atoms with van der Waals surface area (Å²) in [6, 6.07) is 5.24. The van der Waals surface area contributed by atoms with Crippen LogP contribution in [-0.4, -0.2) is 53.0 Å². The van der Waals surface area contributed by atoms with E-state index in [0.29, 0.717) is 42.7 Å². The molecule has 9 nitrogen and oxygen atoms in total. The molecule has 1 aliphatic rings. The molecule has 3 rings (SSSR count). The van der Waals surface area contributed by atoms with Crippen LogP contribution in [-0.2, 0) is 4.79 Å². The second-order valence-electron chi connectivity index (χ2n) is 6.28. The number of aromatic nitrogens is 2. The highest BCUT2D eigenvalue weighted by atomic mass is 32.1. The van der Waals surface area contributed by atoms with Gasteiger partial charge in [0.1, 0.15) is 11.9 Å². The second kappa shape index (κ2) is 9.66. The van der Waals surface area contributed by atoms with Crippen LogP contribution >= 0.6 is 11.3 Å². The predicted molar refractivity (Wildman–Crippen MR) is 106 cm³/mol. The standard InChI is InChI=1S/C18H21N7O2S/c19-11-13-3-1-5-20-15(13)21-6-7-23-18(27)25-9-2-4-14(12-25)16(26)24-17-22-8-10-28-17/h1,3,5,8,10,14H,2,4,6-7,9,12H2,(H,20,21)(H,23,27)(H,22,24,26). The molecule has 1 atom stereocenters. The van der Waals surface area contributed by atoms with Crippen LogP contribution in [0.4, 0.5) is 15.7 Å². The fourth-order valence-electron chi connectivity index (χ4n) is 2.97. The summed E-state index contributed by atoms with van der Waals surface area (Å²) in [5.41, 5.74) is 0.457. The summed E-state index contributed by atoms with van der Waals surface area (Å²) in [6.07, 6.45) is 4.77. The van der Waals surface area contributed by atoms with Crippen molar-refractivity contribution in [2.24, 2.45) is 5.92 Å². The highest BCUT2D eigenvalue weighted by Gasteiger charge is 2.28. The minimum atomic E-state index is -0.242. The smallest absolute Gasteiger partial charge is 0.317 e. The quantitative estimate of drug-likeness (QED) is 0.638. The van der Waals surface area contributed by atoms with Gasteiger partial charge in [-0.1, -0.05) is 0 Å². The molecule has 0 aliphatic carbocycles. The number of nitrogens with one attached hydrogen (secondary N) is 3. The van der Waals surface area contributed by atoms with Crippen molar-refractivity contribution in [2.45, 2.75) is 12.8 Å². The SMILES string of the molecule is N#Cc1cccnc1NCCNC(=O)N1CCCC(C(=O)Nc2nccs2)C1. The summed E-state index contributed by atoms with van der Waals surface area (Å²) in [6.45, 7) is 1.83. The summed E-state index contributed by atoms with van der Waals surface area (Å²) in [4.78, 5) is 34.6. The molecule has 1 unspecified atom stereocenters. The Morgan fingerprint density at radius 3 is 3.00 bits per heavy atom. The maximum Gasteiger partial charge on any atom is 0.317 e. The zero-order valence-corrected chi connectivity index (χ0v) is 16.0. The number of rotatable bonds is 6. The van der Waals surface area contributed by atoms with Crippen molar-refractivity contribution in [3.05, 3.63) is 35.5 Å². The average Bonchev–Trinajstić information content (AvgIpc) is 3.24. The number of anilines is 2. The van der Waals surface area contributed by atoms with Crippen LogP contribution in [0.25, 0.3) is 0 Å². The molecule has 1 aliphatic heterocycles. The first-order valence-corrected chi connectivity index (χ1v) is 9.87. The molecule has 0 radical (unpaired) electrons. The van der Waals surface area contributed by atoms with Crippen LogP contribution in [0.3, 0.4) is 0 Å². The predicted octanol–water partition coefficient (Wildman–Crippen LogP) is 1.88. The molecular weight excluding hydrogens is 378 g/mol. The van der Waals surface area contributed by atoms with Gasteiger partial charge in [0, 0.05) is 44.0 Å². The van der Waals surface area contributed by atoms with Gasteiger partial charge in [-0.25, -0.2) is 14.8 Å². The number of carbonyl (C=O) groups is 2. The first-order chi connectivity index (χ1) is 13.7. The third-order valence-corrected chi connectivity index (χ3v) is 5.05. The molecule has 0 spiro atoms. The lowest BCUT2D eigenvalue weighted by Gasteiger charge is -2.31. The normalized spacial score (nSPS) is 16.1. The molecule has 2 aromatic rings. The van der Waals surface area contributed by atoms with Gasteiger partial charge < -0.3 is 20.9 Å². The fraction of sp³-hybridized carbons (Fsp3) is 0.389. The largest absolute Gasteiger partial charge is 0.367 e. The number of pyridine rings is 1. The van der Waals surface area contributed by atoms with E-state index in [1.54, 1.807) is 34.8 Å². The third kappa shape index (κ3) is 5.17. The number of amides is 3. The third-order valence-electron chi connectivity index (χ3n) is 4.36. The van der Waals surface area contributed by atoms with Gasteiger partial charge in [0.25, 0.3) is 0 Å². The molecule has 2 aromatic heterocycles. The number of likely N-dealkylation sites (tertiary alicyclic amines) is 1. The minimum Gasteiger partial charge on any atom is -0.367 e. The van der Waals surface area contributed by atoms with Gasteiger partial charge in [0.05, 0.1) is 11.5 Å². The van der Waals surface area contributed by atoms with Crippen molar-refractivity contribution >= 4 is 34.2 Å². The van der Waals surface area contributed by atoms with Crippen molar-refractivity contribution in [3.8, 4) is 6.07 Å². The molecule has 28 heavy (non-hydrogen) atoms. The number of nitriles is 1. The Balaban J connectivity index is 1.42. The van der Waals surface area contributed by atoms with E-state index >= 15 is 0 Å². The van der Waals surface area contributed by atoms with Crippen LogP contribution in [0.1, 0.15) is 18.4 Å². The van der Waals surface area contributed by atoms with Crippen LogP contribution in [0.15, 0.2) is 29.9 Å². The fourth-order valence-corrected chi connectivity index (χ4v) is 3.50. The molecule has 0 aromatic carbocycles. The number of thiazole rings is 1. The van der Waals surface area contributed by atoms with Crippen molar-refractivity contribution in [2.75, 3.05) is 36.8 Å². The molecule has 3 amide bonds. The lowest BCUT2D eigenvalue weighted by molar-refractivity contribution is -0.121. The Hall–Kier alpha value is -3.19. The molecule has 0 bridgehead atoms. The van der Waals surface area contributed by atoms with E-state index in [1.807, 2.05) is 0 Å². The zero-order valence-electron chi connectivity index (χ0n) is 15.2. The van der Waals surface area contributed by atoms with Crippen LogP contribution in [0, 0.1) is 17.2 Å². The summed E-state index contributed by atoms with van der Waals surface area (Å²) in [7, 11) is 0. The Bertz CT molecular complexity index is 850. The zero-order chi connectivity index (χ0) is 19.8. The monoisotopic (exact) mass is 399 g/mol. The minimum absolute atomic E-state index is 0.103. The van der Waals surface area contributed by atoms with E-state index in [9.17, 15) is 9.59 Å². The lowest BCUT2D eigenvalue weighted by Crippen LogP contribution is -2.48. The maximum atomic E-state index is 12.4. The topological polar surface area (TPSA) is 123 Å². The first-order valence-electron chi connectivity index (χ1n) is 8.99. The summed E-state index contributed by atoms with van der Waals surface area (Å²) in [5, 5.41) is 20.1. The van der Waals surface area contributed by atoms with E-state index in [0.717, 1.165) is 12.8 Å². The Labute approximate surface area is 166 Å². The number of urea groups is 1. The lowest BCUT2D eigenvalue weighted by atomic mass is 9.97. The van der Waals surface area contributed by atoms with E-state index in [1.165, 1.54) is 11.3 Å². The van der Waals surface area contributed by atoms with E-state index in [2.05, 4.69) is 32.0 Å². The average molecular weight is 399 g/mol. The van der Waals surface area contributed by atoms with E-state index < -0.39 is 0 Å². The summed E-state index contributed by atoms with van der Waals surface area (Å²) >= 11 is 1.37. The number of hydrogen-bond donors (Lipinski definition) is 3. The Morgan fingerprint density at radius 2 is 2.21 bits per heavy atom. The summed E-state index contributed by atoms with van der Waals surface area (Å²) < 4.78 is 0. The van der Waals surface area contributed by atoms with Crippen molar-refractivity contribution in [1.29, 1.82) is 5.26 Å². The second-order valence-corrected chi connectivity index (χ2v) is 7.18. The number of nitrogens with zero attached hydrogens (tertiary/aromatic N) is 4. The van der Waals surface area contributed by atoms with Gasteiger partial charge in [0.15, 0.2) is 5.13 Å². The number of carbonyl (C=O) groups excluding carboxylic acids is 2. The molecule has 0 saturated carbocycles. The van der Waals surface area contributed by atoms with Crippen LogP contribution in [0.2, 0.25) is 0 Å². The molecule has 1 saturated heterocycles. The van der Waals surface area contributed by atoms with Gasteiger partial charge in [-0.05, 0) is 25.0 Å². The number of piperidine rings is 1. The molecule has 3 N–H and O–H groups in total. The van der Waals surface area contributed by atoms with Gasteiger partial charge in [-0.15, -0.1) is 11.3 Å². The Morgan fingerprint density at radius 1 is 1.32 bits per heavy atom. The van der Waals surface area contributed by atoms with Crippen LogP contribution < -0.4 is 16.0 Å². The molecule has 146 valence electrons.